The Hall–Kier alpha value is -3.61. The summed E-state index contributed by atoms with van der Waals surface area (Å²) in [6.07, 6.45) is -1.02. The first-order valence-electron chi connectivity index (χ1n) is 11.1. The van der Waals surface area contributed by atoms with E-state index in [9.17, 15) is 27.5 Å². The summed E-state index contributed by atoms with van der Waals surface area (Å²) in [5, 5.41) is 13.1. The van der Waals surface area contributed by atoms with E-state index in [0.29, 0.717) is 12.0 Å². The van der Waals surface area contributed by atoms with Crippen LogP contribution in [0.25, 0.3) is 0 Å². The Morgan fingerprint density at radius 2 is 1.86 bits per heavy atom. The topological polar surface area (TPSA) is 137 Å². The van der Waals surface area contributed by atoms with Crippen molar-refractivity contribution in [3.05, 3.63) is 87.9 Å². The first kappa shape index (κ1) is 25.5. The third-order valence-corrected chi connectivity index (χ3v) is 6.98. The van der Waals surface area contributed by atoms with Crippen molar-refractivity contribution in [2.45, 2.75) is 43.0 Å². The third-order valence-electron chi connectivity index (χ3n) is 5.74. The van der Waals surface area contributed by atoms with Gasteiger partial charge in [-0.1, -0.05) is 30.3 Å². The van der Waals surface area contributed by atoms with Crippen molar-refractivity contribution >= 4 is 16.0 Å². The lowest BCUT2D eigenvalue weighted by atomic mass is 10.1. The van der Waals surface area contributed by atoms with Gasteiger partial charge in [0.15, 0.2) is 5.69 Å². The van der Waals surface area contributed by atoms with Gasteiger partial charge in [0, 0.05) is 13.7 Å². The first-order valence-corrected chi connectivity index (χ1v) is 12.5. The normalized spacial score (nSPS) is 17.6. The lowest BCUT2D eigenvalue weighted by molar-refractivity contribution is 0.0740. The van der Waals surface area contributed by atoms with Crippen LogP contribution in [-0.4, -0.2) is 42.2 Å². The molecule has 2 aromatic carbocycles. The number of ether oxygens (including phenoxy) is 1. The van der Waals surface area contributed by atoms with Crippen molar-refractivity contribution in [3.63, 3.8) is 0 Å². The van der Waals surface area contributed by atoms with E-state index in [4.69, 9.17) is 8.92 Å². The number of aliphatic hydroxyl groups is 1. The molecule has 10 nitrogen and oxygen atoms in total. The number of amides is 1. The summed E-state index contributed by atoms with van der Waals surface area (Å²) in [4.78, 5) is 30.5. The number of methoxy groups -OCH3 is 1. The molecule has 0 bridgehead atoms. The number of fused-ring (bicyclic) bond motifs is 1. The average Bonchev–Trinajstić information content (AvgIpc) is 3.04. The van der Waals surface area contributed by atoms with Gasteiger partial charge in [-0.15, -0.1) is 0 Å². The molecular weight excluding hydrogens is 493 g/mol. The largest absolute Gasteiger partial charge is 0.385 e. The van der Waals surface area contributed by atoms with Gasteiger partial charge in [0.05, 0.1) is 12.6 Å². The molecule has 190 valence electrons. The fraction of sp³-hybridized carbons (Fsp3) is 0.292. The summed E-state index contributed by atoms with van der Waals surface area (Å²) in [6, 6.07) is 12.5. The van der Waals surface area contributed by atoms with E-state index in [-0.39, 0.29) is 30.2 Å². The molecule has 36 heavy (non-hydrogen) atoms. The van der Waals surface area contributed by atoms with Crippen LogP contribution in [0.2, 0.25) is 0 Å². The highest BCUT2D eigenvalue weighted by molar-refractivity contribution is 7.87. The Morgan fingerprint density at radius 3 is 2.53 bits per heavy atom. The van der Waals surface area contributed by atoms with Gasteiger partial charge in [-0.3, -0.25) is 14.2 Å². The molecular formula is C24H24FN3O7S. The van der Waals surface area contributed by atoms with Crippen molar-refractivity contribution in [1.29, 1.82) is 0 Å². The molecule has 2 N–H and O–H groups in total. The van der Waals surface area contributed by atoms with E-state index in [2.05, 4.69) is 10.3 Å². The fourth-order valence-corrected chi connectivity index (χ4v) is 4.74. The minimum atomic E-state index is -4.50. The van der Waals surface area contributed by atoms with Crippen LogP contribution in [0.5, 0.6) is 5.75 Å². The molecule has 1 aromatic heterocycles. The lowest BCUT2D eigenvalue weighted by Crippen LogP contribution is -2.35. The molecule has 1 amide bonds. The zero-order valence-electron chi connectivity index (χ0n) is 19.3. The van der Waals surface area contributed by atoms with Crippen LogP contribution < -0.4 is 15.1 Å². The van der Waals surface area contributed by atoms with E-state index in [1.165, 1.54) is 55.6 Å². The standard InChI is InChI=1S/C24H24FN3O7S/c1-34-17-11-12-19(29)22-27-20(23(30)26-13-15-7-9-16(25)10-8-15)21(24(31)28(22)14-17)35-36(32,33)18-5-3-2-4-6-18/h2-10,17,19,29H,11-14H2,1H3,(H,26,30)/t17-,19?/m0/s1. The van der Waals surface area contributed by atoms with Crippen LogP contribution in [0.4, 0.5) is 4.39 Å². The fourth-order valence-electron chi connectivity index (χ4n) is 3.79. The number of hydrogen-bond acceptors (Lipinski definition) is 8. The molecule has 0 aliphatic carbocycles. The third kappa shape index (κ3) is 5.45. The zero-order chi connectivity index (χ0) is 25.9. The second kappa shape index (κ2) is 10.6. The number of nitrogens with one attached hydrogen (secondary N) is 1. The van der Waals surface area contributed by atoms with Crippen molar-refractivity contribution in [2.75, 3.05) is 7.11 Å². The number of aromatic nitrogens is 2. The predicted molar refractivity (Wildman–Crippen MR) is 125 cm³/mol. The summed E-state index contributed by atoms with van der Waals surface area (Å²) in [5.41, 5.74) is -0.990. The number of aliphatic hydroxyl groups excluding tert-OH is 1. The second-order valence-electron chi connectivity index (χ2n) is 8.17. The molecule has 0 saturated heterocycles. The average molecular weight is 518 g/mol. The van der Waals surface area contributed by atoms with Gasteiger partial charge in [-0.2, -0.15) is 8.42 Å². The number of benzene rings is 2. The summed E-state index contributed by atoms with van der Waals surface area (Å²) < 4.78 is 50.6. The van der Waals surface area contributed by atoms with E-state index in [1.54, 1.807) is 6.07 Å². The summed E-state index contributed by atoms with van der Waals surface area (Å²) >= 11 is 0. The number of nitrogens with zero attached hydrogens (tertiary/aromatic N) is 2. The predicted octanol–water partition coefficient (Wildman–Crippen LogP) is 1.92. The molecule has 12 heteroatoms. The van der Waals surface area contributed by atoms with Gasteiger partial charge in [0.25, 0.3) is 11.5 Å². The molecule has 3 aromatic rings. The Balaban J connectivity index is 1.78. The Bertz CT molecular complexity index is 1410. The maximum absolute atomic E-state index is 13.5. The lowest BCUT2D eigenvalue weighted by Gasteiger charge is -2.18. The molecule has 2 atom stereocenters. The van der Waals surface area contributed by atoms with Crippen LogP contribution in [-0.2, 0) is 27.9 Å². The number of rotatable bonds is 7. The van der Waals surface area contributed by atoms with Crippen LogP contribution in [0.3, 0.4) is 0 Å². The van der Waals surface area contributed by atoms with Crippen LogP contribution in [0.15, 0.2) is 64.3 Å². The first-order chi connectivity index (χ1) is 17.2. The van der Waals surface area contributed by atoms with Gasteiger partial charge < -0.3 is 19.3 Å². The second-order valence-corrected chi connectivity index (χ2v) is 9.72. The molecule has 0 spiro atoms. The SMILES string of the molecule is CO[C@H]1CCC(O)c2nc(C(=O)NCc3ccc(F)cc3)c(OS(=O)(=O)c3ccccc3)c(=O)n2C1. The maximum atomic E-state index is 13.5. The van der Waals surface area contributed by atoms with Crippen molar-refractivity contribution in [1.82, 2.24) is 14.9 Å². The zero-order valence-corrected chi connectivity index (χ0v) is 20.1. The number of hydrogen-bond donors (Lipinski definition) is 2. The van der Waals surface area contributed by atoms with E-state index in [0.717, 1.165) is 4.57 Å². The summed E-state index contributed by atoms with van der Waals surface area (Å²) in [6.45, 7) is -0.0770. The van der Waals surface area contributed by atoms with Gasteiger partial charge >= 0.3 is 10.1 Å². The van der Waals surface area contributed by atoms with E-state index >= 15 is 0 Å². The van der Waals surface area contributed by atoms with E-state index < -0.39 is 51.1 Å². The molecule has 1 aliphatic rings. The van der Waals surface area contributed by atoms with E-state index in [1.807, 2.05) is 0 Å². The molecule has 2 heterocycles. The highest BCUT2D eigenvalue weighted by Crippen LogP contribution is 2.26. The van der Waals surface area contributed by atoms with Gasteiger partial charge in [0.2, 0.25) is 5.75 Å². The Kier molecular flexibility index (Phi) is 7.48. The van der Waals surface area contributed by atoms with Gasteiger partial charge in [-0.25, -0.2) is 9.37 Å². The summed E-state index contributed by atoms with van der Waals surface area (Å²) in [5.74, 6) is -2.26. The van der Waals surface area contributed by atoms with Crippen LogP contribution in [0.1, 0.15) is 40.8 Å². The minimum absolute atomic E-state index is 0.0199. The van der Waals surface area contributed by atoms with Crippen molar-refractivity contribution in [3.8, 4) is 5.75 Å². The molecule has 1 unspecified atom stereocenters. The van der Waals surface area contributed by atoms with Gasteiger partial charge in [0.1, 0.15) is 22.6 Å². The molecule has 4 rings (SSSR count). The molecule has 1 aliphatic heterocycles. The maximum Gasteiger partial charge on any atom is 0.339 e. The minimum Gasteiger partial charge on any atom is -0.385 e. The van der Waals surface area contributed by atoms with Crippen molar-refractivity contribution in [2.24, 2.45) is 0 Å². The Labute approximate surface area is 206 Å². The number of carbonyl (C=O) groups is 1. The number of carbonyl (C=O) groups excluding carboxylic acids is 1. The quantitative estimate of drug-likeness (QED) is 0.454. The van der Waals surface area contributed by atoms with Crippen molar-refractivity contribution < 1.29 is 31.6 Å². The van der Waals surface area contributed by atoms with Crippen LogP contribution in [0, 0.1) is 5.82 Å². The summed E-state index contributed by atoms with van der Waals surface area (Å²) in [7, 11) is -3.05. The Morgan fingerprint density at radius 1 is 1.17 bits per heavy atom. The van der Waals surface area contributed by atoms with Gasteiger partial charge in [-0.05, 0) is 42.7 Å². The highest BCUT2D eigenvalue weighted by Gasteiger charge is 2.32. The smallest absolute Gasteiger partial charge is 0.339 e. The molecule has 0 saturated carbocycles. The molecule has 0 radical (unpaired) electrons. The highest BCUT2D eigenvalue weighted by atomic mass is 32.2. The monoisotopic (exact) mass is 517 g/mol. The van der Waals surface area contributed by atoms with Crippen LogP contribution >= 0.6 is 0 Å². The number of halogens is 1. The molecule has 0 fully saturated rings.